The molecule has 0 amide bonds. The minimum atomic E-state index is 0.359. The summed E-state index contributed by atoms with van der Waals surface area (Å²) in [6.07, 6.45) is 1.82. The third-order valence-corrected chi connectivity index (χ3v) is 4.87. The number of halogens is 2. The Bertz CT molecular complexity index is 982. The zero-order valence-electron chi connectivity index (χ0n) is 16.1. The van der Waals surface area contributed by atoms with Gasteiger partial charge in [-0.05, 0) is 61.0 Å². The maximum absolute atomic E-state index is 6.25. The number of aryl methyl sites for hydroxylation is 1. The molecule has 5 heteroatoms. The van der Waals surface area contributed by atoms with E-state index in [0.717, 1.165) is 33.8 Å². The Labute approximate surface area is 176 Å². The Kier molecular flexibility index (Phi) is 6.61. The number of nitrogens with zero attached hydrogens (tertiary/aromatic N) is 2. The third-order valence-electron chi connectivity index (χ3n) is 4.29. The van der Waals surface area contributed by atoms with Crippen LogP contribution in [0.5, 0.6) is 5.75 Å². The summed E-state index contributed by atoms with van der Waals surface area (Å²) in [7, 11) is 4.03. The van der Waals surface area contributed by atoms with Crippen LogP contribution in [0.25, 0.3) is 0 Å². The fraction of sp³-hybridized carbons (Fsp3) is 0.174. The van der Waals surface area contributed by atoms with Gasteiger partial charge in [-0.25, -0.2) is 0 Å². The van der Waals surface area contributed by atoms with Crippen molar-refractivity contribution in [3.05, 3.63) is 87.4 Å². The average Bonchev–Trinajstić information content (AvgIpc) is 2.67. The van der Waals surface area contributed by atoms with Crippen molar-refractivity contribution in [1.82, 2.24) is 0 Å². The zero-order chi connectivity index (χ0) is 20.1. The lowest BCUT2D eigenvalue weighted by molar-refractivity contribution is 0.305. The molecule has 0 fully saturated rings. The van der Waals surface area contributed by atoms with Crippen LogP contribution in [-0.4, -0.2) is 20.3 Å². The molecule has 0 saturated carbocycles. The van der Waals surface area contributed by atoms with Crippen molar-refractivity contribution >= 4 is 40.8 Å². The molecule has 0 aliphatic rings. The Hall–Kier alpha value is -2.49. The summed E-state index contributed by atoms with van der Waals surface area (Å²) in [6, 6.07) is 19.5. The molecule has 0 atom stereocenters. The molecule has 3 nitrogen and oxygen atoms in total. The summed E-state index contributed by atoms with van der Waals surface area (Å²) in [5.74, 6) is 0.764. The van der Waals surface area contributed by atoms with Gasteiger partial charge in [-0.2, -0.15) is 0 Å². The average molecular weight is 413 g/mol. The van der Waals surface area contributed by atoms with Crippen LogP contribution in [0.15, 0.2) is 65.7 Å². The standard InChI is InChI=1S/C23H22Cl2N2O/c1-16-4-5-17(14-26-20-8-10-21(11-9-20)27(2)3)23(12-16)28-15-18-6-7-19(24)13-22(18)25/h4-14H,15H2,1-3H3. The molecule has 0 radical (unpaired) electrons. The lowest BCUT2D eigenvalue weighted by Gasteiger charge is -2.12. The monoisotopic (exact) mass is 412 g/mol. The number of rotatable bonds is 6. The Morgan fingerprint density at radius 2 is 1.71 bits per heavy atom. The predicted octanol–water partition coefficient (Wildman–Crippen LogP) is 6.70. The molecule has 3 aromatic carbocycles. The first-order valence-corrected chi connectivity index (χ1v) is 9.67. The van der Waals surface area contributed by atoms with Gasteiger partial charge in [0, 0.05) is 47.2 Å². The largest absolute Gasteiger partial charge is 0.488 e. The van der Waals surface area contributed by atoms with Crippen LogP contribution >= 0.6 is 23.2 Å². The molecule has 28 heavy (non-hydrogen) atoms. The van der Waals surface area contributed by atoms with E-state index >= 15 is 0 Å². The van der Waals surface area contributed by atoms with Gasteiger partial charge in [0.15, 0.2) is 0 Å². The van der Waals surface area contributed by atoms with Crippen molar-refractivity contribution in [2.75, 3.05) is 19.0 Å². The predicted molar refractivity (Wildman–Crippen MR) is 120 cm³/mol. The van der Waals surface area contributed by atoms with Crippen molar-refractivity contribution in [2.24, 2.45) is 4.99 Å². The molecule has 0 aliphatic heterocycles. The summed E-state index contributed by atoms with van der Waals surface area (Å²) in [6.45, 7) is 2.39. The number of benzene rings is 3. The second kappa shape index (κ2) is 9.13. The van der Waals surface area contributed by atoms with E-state index in [0.29, 0.717) is 16.7 Å². The maximum atomic E-state index is 6.25. The first-order valence-electron chi connectivity index (χ1n) is 8.91. The van der Waals surface area contributed by atoms with Crippen molar-refractivity contribution < 1.29 is 4.74 Å². The van der Waals surface area contributed by atoms with Gasteiger partial charge in [0.05, 0.1) is 5.69 Å². The highest BCUT2D eigenvalue weighted by Gasteiger charge is 2.06. The molecule has 0 aliphatic carbocycles. The number of hydrogen-bond acceptors (Lipinski definition) is 3. The second-order valence-electron chi connectivity index (χ2n) is 6.73. The Morgan fingerprint density at radius 3 is 2.39 bits per heavy atom. The topological polar surface area (TPSA) is 24.8 Å². The van der Waals surface area contributed by atoms with E-state index in [1.54, 1.807) is 6.07 Å². The molecule has 144 valence electrons. The summed E-state index contributed by atoms with van der Waals surface area (Å²) in [4.78, 5) is 6.64. The maximum Gasteiger partial charge on any atom is 0.128 e. The van der Waals surface area contributed by atoms with Gasteiger partial charge < -0.3 is 9.64 Å². The molecular formula is C23H22Cl2N2O. The molecule has 0 heterocycles. The van der Waals surface area contributed by atoms with E-state index in [4.69, 9.17) is 27.9 Å². The number of ether oxygens (including phenoxy) is 1. The van der Waals surface area contributed by atoms with Crippen molar-refractivity contribution in [2.45, 2.75) is 13.5 Å². The molecule has 0 N–H and O–H groups in total. The van der Waals surface area contributed by atoms with Gasteiger partial charge in [-0.15, -0.1) is 0 Å². The number of hydrogen-bond donors (Lipinski definition) is 0. The summed E-state index contributed by atoms with van der Waals surface area (Å²) >= 11 is 12.2. The lowest BCUT2D eigenvalue weighted by Crippen LogP contribution is -2.07. The molecule has 0 aromatic heterocycles. The van der Waals surface area contributed by atoms with Crippen LogP contribution in [0.2, 0.25) is 10.0 Å². The van der Waals surface area contributed by atoms with Crippen molar-refractivity contribution in [3.8, 4) is 5.75 Å². The van der Waals surface area contributed by atoms with Crippen molar-refractivity contribution in [1.29, 1.82) is 0 Å². The van der Waals surface area contributed by atoms with E-state index < -0.39 is 0 Å². The highest BCUT2D eigenvalue weighted by Crippen LogP contribution is 2.25. The Balaban J connectivity index is 1.78. The van der Waals surface area contributed by atoms with E-state index in [2.05, 4.69) is 9.89 Å². The van der Waals surface area contributed by atoms with Gasteiger partial charge in [0.2, 0.25) is 0 Å². The minimum absolute atomic E-state index is 0.359. The third kappa shape index (κ3) is 5.28. The molecular weight excluding hydrogens is 391 g/mol. The number of anilines is 1. The van der Waals surface area contributed by atoms with E-state index in [-0.39, 0.29) is 0 Å². The molecule has 0 saturated heterocycles. The van der Waals surface area contributed by atoms with E-state index in [1.165, 1.54) is 0 Å². The smallest absolute Gasteiger partial charge is 0.128 e. The normalized spacial score (nSPS) is 11.0. The zero-order valence-corrected chi connectivity index (χ0v) is 17.6. The van der Waals surface area contributed by atoms with Gasteiger partial charge in [0.1, 0.15) is 12.4 Å². The van der Waals surface area contributed by atoms with Crippen LogP contribution in [0.3, 0.4) is 0 Å². The number of aliphatic imine (C=N–C) groups is 1. The van der Waals surface area contributed by atoms with Crippen LogP contribution in [0.1, 0.15) is 16.7 Å². The first kappa shape index (κ1) is 20.2. The van der Waals surface area contributed by atoms with Gasteiger partial charge in [-0.1, -0.05) is 35.3 Å². The molecule has 0 unspecified atom stereocenters. The Morgan fingerprint density at radius 1 is 0.964 bits per heavy atom. The lowest BCUT2D eigenvalue weighted by atomic mass is 10.1. The molecule has 0 bridgehead atoms. The highest BCUT2D eigenvalue weighted by molar-refractivity contribution is 6.35. The van der Waals surface area contributed by atoms with E-state index in [9.17, 15) is 0 Å². The van der Waals surface area contributed by atoms with E-state index in [1.807, 2.05) is 81.8 Å². The summed E-state index contributed by atoms with van der Waals surface area (Å²) in [5, 5.41) is 1.20. The molecule has 3 rings (SSSR count). The minimum Gasteiger partial charge on any atom is -0.488 e. The van der Waals surface area contributed by atoms with Crippen molar-refractivity contribution in [3.63, 3.8) is 0 Å². The van der Waals surface area contributed by atoms with Crippen LogP contribution in [-0.2, 0) is 6.61 Å². The fourth-order valence-electron chi connectivity index (χ4n) is 2.65. The molecule has 3 aromatic rings. The molecule has 0 spiro atoms. The quantitative estimate of drug-likeness (QED) is 0.420. The van der Waals surface area contributed by atoms with Crippen LogP contribution < -0.4 is 9.64 Å². The first-order chi connectivity index (χ1) is 13.4. The van der Waals surface area contributed by atoms with Gasteiger partial charge >= 0.3 is 0 Å². The highest BCUT2D eigenvalue weighted by atomic mass is 35.5. The van der Waals surface area contributed by atoms with Crippen LogP contribution in [0, 0.1) is 6.92 Å². The fourth-order valence-corrected chi connectivity index (χ4v) is 3.11. The summed E-state index contributed by atoms with van der Waals surface area (Å²) in [5.41, 5.74) is 4.93. The SMILES string of the molecule is Cc1ccc(C=Nc2ccc(N(C)C)cc2)c(OCc2ccc(Cl)cc2Cl)c1. The van der Waals surface area contributed by atoms with Crippen LogP contribution in [0.4, 0.5) is 11.4 Å². The van der Waals surface area contributed by atoms with Gasteiger partial charge in [-0.3, -0.25) is 4.99 Å². The van der Waals surface area contributed by atoms with Gasteiger partial charge in [0.25, 0.3) is 0 Å². The second-order valence-corrected chi connectivity index (χ2v) is 7.58. The summed E-state index contributed by atoms with van der Waals surface area (Å²) < 4.78 is 6.04.